The van der Waals surface area contributed by atoms with Gasteiger partial charge in [-0.05, 0) is 56.3 Å². The maximum Gasteiger partial charge on any atom is 0.318 e. The summed E-state index contributed by atoms with van der Waals surface area (Å²) in [4.78, 5) is 35.0. The van der Waals surface area contributed by atoms with Crippen molar-refractivity contribution in [2.24, 2.45) is 0 Å². The van der Waals surface area contributed by atoms with Crippen LogP contribution in [-0.4, -0.2) is 58.8 Å². The molecular formula is C28H25F2N9O2. The van der Waals surface area contributed by atoms with Gasteiger partial charge in [-0.15, -0.1) is 0 Å². The van der Waals surface area contributed by atoms with Crippen LogP contribution in [-0.2, 0) is 13.1 Å². The van der Waals surface area contributed by atoms with Gasteiger partial charge in [-0.25, -0.2) is 23.7 Å². The quantitative estimate of drug-likeness (QED) is 0.314. The fraction of sp³-hybridized carbons (Fsp3) is 0.214. The first-order valence-electron chi connectivity index (χ1n) is 13.0. The molecule has 0 spiro atoms. The van der Waals surface area contributed by atoms with E-state index in [0.29, 0.717) is 47.8 Å². The highest BCUT2D eigenvalue weighted by Crippen LogP contribution is 2.36. The van der Waals surface area contributed by atoms with E-state index in [1.807, 2.05) is 18.5 Å². The summed E-state index contributed by atoms with van der Waals surface area (Å²) in [7, 11) is 0. The van der Waals surface area contributed by atoms with E-state index in [4.69, 9.17) is 10.2 Å². The Bertz CT molecular complexity index is 1780. The van der Waals surface area contributed by atoms with Gasteiger partial charge in [0.1, 0.15) is 11.5 Å². The minimum atomic E-state index is -0.763. The van der Waals surface area contributed by atoms with Crippen LogP contribution in [0.1, 0.15) is 29.9 Å². The third kappa shape index (κ3) is 5.21. The number of hydrogen-bond acceptors (Lipinski definition) is 6. The summed E-state index contributed by atoms with van der Waals surface area (Å²) < 4.78 is 30.6. The second-order valence-electron chi connectivity index (χ2n) is 9.89. The van der Waals surface area contributed by atoms with Gasteiger partial charge in [0.05, 0.1) is 36.2 Å². The molecule has 0 atom stereocenters. The zero-order valence-electron chi connectivity index (χ0n) is 22.2. The number of fused-ring (bicyclic) bond motifs is 2. The van der Waals surface area contributed by atoms with E-state index >= 15 is 0 Å². The van der Waals surface area contributed by atoms with Gasteiger partial charge in [0.2, 0.25) is 5.95 Å². The predicted molar refractivity (Wildman–Crippen MR) is 146 cm³/mol. The van der Waals surface area contributed by atoms with Crippen LogP contribution in [0, 0.1) is 11.8 Å². The molecule has 3 amide bonds. The summed E-state index contributed by atoms with van der Waals surface area (Å²) in [6.45, 7) is 5.07. The molecule has 11 nitrogen and oxygen atoms in total. The Morgan fingerprint density at radius 1 is 1.00 bits per heavy atom. The first kappa shape index (κ1) is 26.0. The van der Waals surface area contributed by atoms with Crippen molar-refractivity contribution < 1.29 is 18.4 Å². The fourth-order valence-corrected chi connectivity index (χ4v) is 4.72. The van der Waals surface area contributed by atoms with Crippen LogP contribution >= 0.6 is 0 Å². The molecular weight excluding hydrogens is 532 g/mol. The van der Waals surface area contributed by atoms with Crippen molar-refractivity contribution in [1.82, 2.24) is 39.6 Å². The average molecular weight is 558 g/mol. The number of aromatic nitrogens is 6. The van der Waals surface area contributed by atoms with Crippen LogP contribution in [0.25, 0.3) is 28.2 Å². The van der Waals surface area contributed by atoms with E-state index < -0.39 is 11.9 Å². The Balaban J connectivity index is 1.38. The molecule has 4 aromatic heterocycles. The molecule has 1 aliphatic heterocycles. The minimum absolute atomic E-state index is 0.0128. The second-order valence-corrected chi connectivity index (χ2v) is 9.89. The normalized spacial score (nSPS) is 13.0. The van der Waals surface area contributed by atoms with Gasteiger partial charge in [0.25, 0.3) is 5.91 Å². The fourth-order valence-electron chi connectivity index (χ4n) is 4.72. The number of pyridine rings is 1. The van der Waals surface area contributed by atoms with Crippen molar-refractivity contribution >= 4 is 23.4 Å². The van der Waals surface area contributed by atoms with Crippen molar-refractivity contribution in [2.45, 2.75) is 33.0 Å². The molecule has 13 heteroatoms. The van der Waals surface area contributed by atoms with Crippen molar-refractivity contribution in [1.29, 1.82) is 0 Å². The van der Waals surface area contributed by atoms with Crippen LogP contribution in [0.2, 0.25) is 0 Å². The van der Waals surface area contributed by atoms with Crippen LogP contribution in [0.4, 0.5) is 19.4 Å². The van der Waals surface area contributed by atoms with Gasteiger partial charge in [0, 0.05) is 36.0 Å². The number of halogens is 2. The largest absolute Gasteiger partial charge is 0.336 e. The number of urea groups is 1. The number of anilines is 1. The third-order valence-electron chi connectivity index (χ3n) is 6.60. The number of amides is 3. The average Bonchev–Trinajstić information content (AvgIpc) is 3.53. The molecule has 5 heterocycles. The Hall–Kier alpha value is -5.20. The smallest absolute Gasteiger partial charge is 0.318 e. The molecule has 0 saturated heterocycles. The van der Waals surface area contributed by atoms with Gasteiger partial charge in [-0.3, -0.25) is 9.48 Å². The molecule has 0 aliphatic carbocycles. The number of carbonyl (C=O) groups is 2. The molecule has 0 radical (unpaired) electrons. The van der Waals surface area contributed by atoms with E-state index in [9.17, 15) is 18.4 Å². The molecule has 1 aromatic carbocycles. The molecule has 208 valence electrons. The minimum Gasteiger partial charge on any atom is -0.336 e. The van der Waals surface area contributed by atoms with Crippen molar-refractivity contribution in [3.05, 3.63) is 83.9 Å². The maximum absolute atomic E-state index is 13.7. The van der Waals surface area contributed by atoms with Crippen LogP contribution in [0.15, 0.2) is 60.9 Å². The molecule has 41 heavy (non-hydrogen) atoms. The van der Waals surface area contributed by atoms with Crippen LogP contribution in [0.3, 0.4) is 0 Å². The zero-order valence-corrected chi connectivity index (χ0v) is 22.2. The van der Waals surface area contributed by atoms with Gasteiger partial charge in [-0.1, -0.05) is 0 Å². The van der Waals surface area contributed by atoms with Gasteiger partial charge in [0.15, 0.2) is 11.5 Å². The van der Waals surface area contributed by atoms with E-state index in [2.05, 4.69) is 20.6 Å². The van der Waals surface area contributed by atoms with Gasteiger partial charge < -0.3 is 15.5 Å². The lowest BCUT2D eigenvalue weighted by molar-refractivity contribution is 0.102. The second kappa shape index (κ2) is 10.4. The molecule has 0 unspecified atom stereocenters. The SMILES string of the molecule is CC(C)NC(=O)N1CCn2nc(-c3ccc(F)cc3)c(-c3ccc4nc(NC(=O)c5ccnc(F)c5)cn4n3)c2C1. The van der Waals surface area contributed by atoms with Gasteiger partial charge >= 0.3 is 6.03 Å². The number of hydrogen-bond donors (Lipinski definition) is 2. The summed E-state index contributed by atoms with van der Waals surface area (Å²) in [5, 5.41) is 15.2. The lowest BCUT2D eigenvalue weighted by atomic mass is 10.0. The highest BCUT2D eigenvalue weighted by atomic mass is 19.1. The topological polar surface area (TPSA) is 122 Å². The summed E-state index contributed by atoms with van der Waals surface area (Å²) in [6.07, 6.45) is 2.75. The van der Waals surface area contributed by atoms with Crippen molar-refractivity contribution in [3.63, 3.8) is 0 Å². The van der Waals surface area contributed by atoms with Crippen LogP contribution < -0.4 is 10.6 Å². The Kier molecular flexibility index (Phi) is 6.61. The number of nitrogens with one attached hydrogen (secondary N) is 2. The first-order chi connectivity index (χ1) is 19.7. The lowest BCUT2D eigenvalue weighted by Crippen LogP contribution is -2.46. The highest BCUT2D eigenvalue weighted by Gasteiger charge is 2.29. The Morgan fingerprint density at radius 3 is 2.56 bits per heavy atom. The number of carbonyl (C=O) groups excluding carboxylic acids is 2. The third-order valence-corrected chi connectivity index (χ3v) is 6.60. The van der Waals surface area contributed by atoms with Crippen molar-refractivity contribution in [3.8, 4) is 22.5 Å². The highest BCUT2D eigenvalue weighted by molar-refractivity contribution is 6.03. The van der Waals surface area contributed by atoms with E-state index in [1.165, 1.54) is 28.9 Å². The Morgan fingerprint density at radius 2 is 1.80 bits per heavy atom. The van der Waals surface area contributed by atoms with Gasteiger partial charge in [-0.2, -0.15) is 14.6 Å². The predicted octanol–water partition coefficient (Wildman–Crippen LogP) is 4.12. The molecule has 1 aliphatic rings. The van der Waals surface area contributed by atoms with E-state index in [0.717, 1.165) is 11.8 Å². The molecule has 0 fully saturated rings. The maximum atomic E-state index is 13.7. The molecule has 0 bridgehead atoms. The molecule has 0 saturated carbocycles. The summed E-state index contributed by atoms with van der Waals surface area (Å²) in [6, 6.07) is 11.8. The summed E-state index contributed by atoms with van der Waals surface area (Å²) in [5.41, 5.74) is 3.91. The molecule has 5 aromatic rings. The lowest BCUT2D eigenvalue weighted by Gasteiger charge is -2.29. The Labute approximate surface area is 232 Å². The van der Waals surface area contributed by atoms with Crippen molar-refractivity contribution in [2.75, 3.05) is 11.9 Å². The van der Waals surface area contributed by atoms with Crippen LogP contribution in [0.5, 0.6) is 0 Å². The molecule has 2 N–H and O–H groups in total. The van der Waals surface area contributed by atoms with E-state index in [-0.39, 0.29) is 29.3 Å². The monoisotopic (exact) mass is 557 g/mol. The number of nitrogens with zero attached hydrogens (tertiary/aromatic N) is 7. The number of benzene rings is 1. The zero-order chi connectivity index (χ0) is 28.7. The number of imidazole rings is 1. The van der Waals surface area contributed by atoms with E-state index in [1.54, 1.807) is 35.4 Å². The molecule has 6 rings (SSSR count). The first-order valence-corrected chi connectivity index (χ1v) is 13.0. The number of rotatable bonds is 5. The standard InChI is InChI=1S/C28H25F2N9O2/c1-16(2)32-28(41)37-11-12-38-21(14-37)25(26(36-38)17-3-5-19(29)6-4-17)20-7-8-24-33-23(15-39(24)35-20)34-27(40)18-9-10-31-22(30)13-18/h3-10,13,15-16H,11-12,14H2,1-2H3,(H,32,41)(H,34,40). The summed E-state index contributed by atoms with van der Waals surface area (Å²) >= 11 is 0. The summed E-state index contributed by atoms with van der Waals surface area (Å²) in [5.74, 6) is -1.44.